The number of aryl methyl sites for hydroxylation is 2. The molecule has 0 amide bonds. The molecule has 2 aliphatic rings. The maximum Gasteiger partial charge on any atom is 0.306 e. The van der Waals surface area contributed by atoms with E-state index in [9.17, 15) is 15.0 Å². The van der Waals surface area contributed by atoms with E-state index in [0.717, 1.165) is 44.9 Å². The van der Waals surface area contributed by atoms with Gasteiger partial charge in [-0.05, 0) is 65.9 Å². The Kier molecular flexibility index (Phi) is 8.59. The molecule has 1 saturated heterocycles. The van der Waals surface area contributed by atoms with E-state index in [1.807, 2.05) is 42.5 Å². The lowest BCUT2D eigenvalue weighted by atomic mass is 9.94. The molecule has 212 valence electrons. The van der Waals surface area contributed by atoms with Gasteiger partial charge in [0, 0.05) is 24.0 Å². The second-order valence-electron chi connectivity index (χ2n) is 10.5. The summed E-state index contributed by atoms with van der Waals surface area (Å²) >= 11 is 0. The normalized spacial score (nSPS) is 21.8. The van der Waals surface area contributed by atoms with Crippen molar-refractivity contribution in [2.45, 2.75) is 57.5 Å². The molecule has 3 aromatic carbocycles. The summed E-state index contributed by atoms with van der Waals surface area (Å²) in [5, 5.41) is 19.5. The summed E-state index contributed by atoms with van der Waals surface area (Å²) in [4.78, 5) is 11.7. The summed E-state index contributed by atoms with van der Waals surface area (Å²) in [6.07, 6.45) is -1.23. The lowest BCUT2D eigenvalue weighted by Gasteiger charge is -2.30. The first-order chi connectivity index (χ1) is 19.3. The van der Waals surface area contributed by atoms with Crippen molar-refractivity contribution in [3.63, 3.8) is 0 Å². The molecule has 0 radical (unpaired) electrons. The van der Waals surface area contributed by atoms with Crippen molar-refractivity contribution in [1.29, 1.82) is 0 Å². The first-order valence-electron chi connectivity index (χ1n) is 13.6. The van der Waals surface area contributed by atoms with Crippen molar-refractivity contribution in [2.75, 3.05) is 26.9 Å². The Bertz CT molecular complexity index is 1330. The minimum absolute atomic E-state index is 0.000961. The van der Waals surface area contributed by atoms with Gasteiger partial charge in [-0.3, -0.25) is 4.79 Å². The third-order valence-electron chi connectivity index (χ3n) is 7.52. The molecule has 0 spiro atoms. The quantitative estimate of drug-likeness (QED) is 0.378. The van der Waals surface area contributed by atoms with Gasteiger partial charge in [-0.2, -0.15) is 0 Å². The van der Waals surface area contributed by atoms with Crippen LogP contribution in [0.5, 0.6) is 17.2 Å². The van der Waals surface area contributed by atoms with Crippen LogP contribution in [0.15, 0.2) is 54.6 Å². The zero-order chi connectivity index (χ0) is 28.2. The minimum Gasteiger partial charge on any atom is -0.492 e. The third kappa shape index (κ3) is 6.41. The maximum absolute atomic E-state index is 11.7. The van der Waals surface area contributed by atoms with Gasteiger partial charge in [0.1, 0.15) is 36.6 Å². The average Bonchev–Trinajstić information content (AvgIpc) is 3.34. The molecule has 3 aromatic rings. The van der Waals surface area contributed by atoms with Gasteiger partial charge in [0.2, 0.25) is 0 Å². The summed E-state index contributed by atoms with van der Waals surface area (Å²) < 4.78 is 28.2. The third-order valence-corrected chi connectivity index (χ3v) is 7.52. The van der Waals surface area contributed by atoms with Gasteiger partial charge < -0.3 is 33.9 Å². The topological polar surface area (TPSA) is 104 Å². The molecule has 2 heterocycles. The highest BCUT2D eigenvalue weighted by Crippen LogP contribution is 2.39. The lowest BCUT2D eigenvalue weighted by Crippen LogP contribution is -2.43. The average molecular weight is 549 g/mol. The molecule has 8 nitrogen and oxygen atoms in total. The molecule has 40 heavy (non-hydrogen) atoms. The number of fused-ring (bicyclic) bond motifs is 1. The number of aliphatic hydroxyl groups is 2. The Hall–Kier alpha value is -3.59. The summed E-state index contributed by atoms with van der Waals surface area (Å²) in [5.74, 6) is 1.96. The van der Waals surface area contributed by atoms with Crippen molar-refractivity contribution in [3.05, 3.63) is 76.9 Å². The van der Waals surface area contributed by atoms with Crippen molar-refractivity contribution < 1.29 is 38.7 Å². The largest absolute Gasteiger partial charge is 0.492 e. The summed E-state index contributed by atoms with van der Waals surface area (Å²) in [5.41, 5.74) is 6.45. The van der Waals surface area contributed by atoms with Crippen molar-refractivity contribution in [2.24, 2.45) is 0 Å². The highest BCUT2D eigenvalue weighted by Gasteiger charge is 2.29. The standard InChI is InChI=1S/C32H36O8/c1-19-9-25(38-17-26-13-28(33)29(34)18-39-26)10-20(2)32(19)22-6-4-5-21(11-22)15-37-24-7-8-27-23(12-31(35)36-3)16-40-30(27)14-24/h4-11,14,23,26,28-29,33-34H,12-13,15-18H2,1-3H3/t23?,26-,28+,29+/m1/s1. The van der Waals surface area contributed by atoms with Crippen LogP contribution in [0.25, 0.3) is 11.1 Å². The highest BCUT2D eigenvalue weighted by molar-refractivity contribution is 5.72. The molecule has 1 unspecified atom stereocenters. The van der Waals surface area contributed by atoms with Crippen LogP contribution in [0.3, 0.4) is 0 Å². The number of carbonyl (C=O) groups is 1. The molecule has 5 rings (SSSR count). The number of esters is 1. The van der Waals surface area contributed by atoms with E-state index in [0.29, 0.717) is 38.4 Å². The molecule has 0 saturated carbocycles. The zero-order valence-electron chi connectivity index (χ0n) is 23.1. The van der Waals surface area contributed by atoms with E-state index in [-0.39, 0.29) is 24.6 Å². The van der Waals surface area contributed by atoms with Crippen LogP contribution in [-0.2, 0) is 20.9 Å². The van der Waals surface area contributed by atoms with E-state index in [1.54, 1.807) is 0 Å². The first-order valence-corrected chi connectivity index (χ1v) is 13.6. The first kappa shape index (κ1) is 28.0. The Balaban J connectivity index is 1.22. The number of hydrogen-bond acceptors (Lipinski definition) is 8. The van der Waals surface area contributed by atoms with Crippen LogP contribution in [0, 0.1) is 13.8 Å². The van der Waals surface area contributed by atoms with E-state index >= 15 is 0 Å². The molecule has 4 atom stereocenters. The van der Waals surface area contributed by atoms with Gasteiger partial charge >= 0.3 is 5.97 Å². The highest BCUT2D eigenvalue weighted by atomic mass is 16.5. The van der Waals surface area contributed by atoms with Crippen LogP contribution in [0.2, 0.25) is 0 Å². The smallest absolute Gasteiger partial charge is 0.306 e. The van der Waals surface area contributed by atoms with Crippen LogP contribution < -0.4 is 14.2 Å². The van der Waals surface area contributed by atoms with Crippen molar-refractivity contribution >= 4 is 5.97 Å². The van der Waals surface area contributed by atoms with Crippen molar-refractivity contribution in [3.8, 4) is 28.4 Å². The van der Waals surface area contributed by atoms with Crippen LogP contribution in [0.1, 0.15) is 41.0 Å². The fourth-order valence-corrected chi connectivity index (χ4v) is 5.39. The Morgan fingerprint density at radius 2 is 1.75 bits per heavy atom. The van der Waals surface area contributed by atoms with Gasteiger partial charge in [0.25, 0.3) is 0 Å². The van der Waals surface area contributed by atoms with Crippen LogP contribution >= 0.6 is 0 Å². The van der Waals surface area contributed by atoms with E-state index in [2.05, 4.69) is 26.0 Å². The second kappa shape index (κ2) is 12.3. The summed E-state index contributed by atoms with van der Waals surface area (Å²) in [6.45, 7) is 5.42. The summed E-state index contributed by atoms with van der Waals surface area (Å²) in [7, 11) is 1.40. The predicted molar refractivity (Wildman–Crippen MR) is 149 cm³/mol. The second-order valence-corrected chi connectivity index (χ2v) is 10.5. The molecule has 8 heteroatoms. The van der Waals surface area contributed by atoms with Crippen molar-refractivity contribution in [1.82, 2.24) is 0 Å². The number of benzene rings is 3. The van der Waals surface area contributed by atoms with E-state index in [1.165, 1.54) is 7.11 Å². The van der Waals surface area contributed by atoms with E-state index in [4.69, 9.17) is 23.7 Å². The Labute approximate surface area is 234 Å². The van der Waals surface area contributed by atoms with Gasteiger partial charge in [-0.15, -0.1) is 0 Å². The van der Waals surface area contributed by atoms with E-state index < -0.39 is 12.2 Å². The predicted octanol–water partition coefficient (Wildman–Crippen LogP) is 4.48. The fourth-order valence-electron chi connectivity index (χ4n) is 5.39. The molecular weight excluding hydrogens is 512 g/mol. The number of ether oxygens (including phenoxy) is 5. The summed E-state index contributed by atoms with van der Waals surface area (Å²) in [6, 6.07) is 18.1. The molecular formula is C32H36O8. The monoisotopic (exact) mass is 548 g/mol. The number of hydrogen-bond donors (Lipinski definition) is 2. The van der Waals surface area contributed by atoms with Gasteiger partial charge in [-0.25, -0.2) is 0 Å². The number of carbonyl (C=O) groups excluding carboxylic acids is 1. The number of aliphatic hydroxyl groups excluding tert-OH is 2. The minimum atomic E-state index is -0.837. The Morgan fingerprint density at radius 3 is 2.50 bits per heavy atom. The molecule has 2 N–H and O–H groups in total. The fraction of sp³-hybridized carbons (Fsp3) is 0.406. The number of rotatable bonds is 9. The Morgan fingerprint density at radius 1 is 0.950 bits per heavy atom. The zero-order valence-corrected chi connectivity index (χ0v) is 23.1. The van der Waals surface area contributed by atoms with Gasteiger partial charge in [-0.1, -0.05) is 24.3 Å². The lowest BCUT2D eigenvalue weighted by molar-refractivity contribution is -0.141. The van der Waals surface area contributed by atoms with Crippen LogP contribution in [-0.4, -0.2) is 61.4 Å². The van der Waals surface area contributed by atoms with Gasteiger partial charge in [0.15, 0.2) is 0 Å². The molecule has 2 aliphatic heterocycles. The number of methoxy groups -OCH3 is 1. The molecule has 0 aromatic heterocycles. The maximum atomic E-state index is 11.7. The van der Waals surface area contributed by atoms with Gasteiger partial charge in [0.05, 0.1) is 39.0 Å². The molecule has 0 bridgehead atoms. The molecule has 0 aliphatic carbocycles. The van der Waals surface area contributed by atoms with Crippen LogP contribution in [0.4, 0.5) is 0 Å². The molecule has 1 fully saturated rings. The SMILES string of the molecule is COC(=O)CC1COc2cc(OCc3cccc(-c4c(C)cc(OC[C@H]5C[C@H](O)[C@@H](O)CO5)cc4C)c3)ccc21.